The van der Waals surface area contributed by atoms with Crippen LogP contribution in [0.4, 0.5) is 26.1 Å². The molecule has 1 N–H and O–H groups in total. The molecule has 182 valence electrons. The first-order chi connectivity index (χ1) is 17.4. The predicted octanol–water partition coefficient (Wildman–Crippen LogP) is 4.30. The van der Waals surface area contributed by atoms with Crippen LogP contribution in [0.3, 0.4) is 0 Å². The summed E-state index contributed by atoms with van der Waals surface area (Å²) in [5.74, 6) is -1.18. The maximum absolute atomic E-state index is 15.1. The van der Waals surface area contributed by atoms with E-state index in [4.69, 9.17) is 16.9 Å². The van der Waals surface area contributed by atoms with Crippen LogP contribution in [-0.2, 0) is 4.79 Å². The van der Waals surface area contributed by atoms with E-state index in [1.807, 2.05) is 4.90 Å². The van der Waals surface area contributed by atoms with Crippen molar-refractivity contribution >= 4 is 45.9 Å². The van der Waals surface area contributed by atoms with Crippen LogP contribution < -0.4 is 10.2 Å². The highest BCUT2D eigenvalue weighted by molar-refractivity contribution is 6.32. The summed E-state index contributed by atoms with van der Waals surface area (Å²) in [6, 6.07) is 6.61. The van der Waals surface area contributed by atoms with Crippen molar-refractivity contribution in [2.45, 2.75) is 30.8 Å². The maximum atomic E-state index is 15.1. The number of amides is 1. The van der Waals surface area contributed by atoms with Gasteiger partial charge < -0.3 is 15.1 Å². The maximum Gasteiger partial charge on any atom is 0.246 e. The molecule has 0 spiro atoms. The third-order valence-electron chi connectivity index (χ3n) is 7.24. The molecule has 1 aromatic carbocycles. The van der Waals surface area contributed by atoms with Gasteiger partial charge in [0.2, 0.25) is 5.91 Å². The summed E-state index contributed by atoms with van der Waals surface area (Å²) in [4.78, 5) is 28.6. The van der Waals surface area contributed by atoms with Crippen molar-refractivity contribution in [3.63, 3.8) is 0 Å². The summed E-state index contributed by atoms with van der Waals surface area (Å²) in [6.07, 6.45) is 3.92. The lowest BCUT2D eigenvalue weighted by molar-refractivity contribution is -0.127. The summed E-state index contributed by atoms with van der Waals surface area (Å²) in [5, 5.41) is 12.0. The van der Waals surface area contributed by atoms with Crippen molar-refractivity contribution in [3.8, 4) is 6.07 Å². The summed E-state index contributed by atoms with van der Waals surface area (Å²) < 4.78 is 30.2. The number of anilines is 3. The molecule has 2 unspecified atom stereocenters. The lowest BCUT2D eigenvalue weighted by Gasteiger charge is -2.34. The third-order valence-corrected chi connectivity index (χ3v) is 7.62. The number of fused-ring (bicyclic) bond motifs is 3. The number of benzene rings is 1. The Labute approximate surface area is 210 Å². The Morgan fingerprint density at radius 3 is 2.78 bits per heavy atom. The zero-order valence-corrected chi connectivity index (χ0v) is 19.7. The van der Waals surface area contributed by atoms with Gasteiger partial charge in [-0.2, -0.15) is 5.26 Å². The van der Waals surface area contributed by atoms with Gasteiger partial charge in [0.25, 0.3) is 0 Å². The molecule has 36 heavy (non-hydrogen) atoms. The van der Waals surface area contributed by atoms with E-state index in [1.54, 1.807) is 17.0 Å². The molecule has 3 aliphatic rings. The van der Waals surface area contributed by atoms with E-state index in [1.165, 1.54) is 18.5 Å². The number of hydrogen-bond donors (Lipinski definition) is 1. The number of carbonyl (C=O) groups is 1. The van der Waals surface area contributed by atoms with Crippen molar-refractivity contribution in [3.05, 3.63) is 59.4 Å². The first-order valence-corrected chi connectivity index (χ1v) is 11.9. The van der Waals surface area contributed by atoms with Crippen LogP contribution in [-0.4, -0.2) is 50.9 Å². The fourth-order valence-electron chi connectivity index (χ4n) is 5.31. The van der Waals surface area contributed by atoms with Crippen molar-refractivity contribution in [2.75, 3.05) is 23.3 Å². The number of carbonyl (C=O) groups excluding carboxylic acids is 1. The Balaban J connectivity index is 1.32. The molecule has 2 saturated heterocycles. The molecule has 1 saturated carbocycles. The minimum Gasteiger partial charge on any atom is -0.347 e. The van der Waals surface area contributed by atoms with Gasteiger partial charge >= 0.3 is 0 Å². The molecule has 3 fully saturated rings. The van der Waals surface area contributed by atoms with Crippen molar-refractivity contribution in [2.24, 2.45) is 5.92 Å². The number of aromatic nitrogens is 3. The number of halogens is 3. The SMILES string of the molecule is C=CC(=O)N1C[C@@H]2C[C@H]1CN2c1nc2c(Nc3ccc(C4CC4C#N)c(Cl)c3F)ncnc2cc1F. The molecule has 4 heterocycles. The Bertz CT molecular complexity index is 1480. The number of likely N-dealkylation sites (tertiary alicyclic amines) is 1. The van der Waals surface area contributed by atoms with Gasteiger partial charge in [-0.3, -0.25) is 4.79 Å². The van der Waals surface area contributed by atoms with Crippen LogP contribution >= 0.6 is 11.6 Å². The Hall–Kier alpha value is -3.84. The first-order valence-electron chi connectivity index (χ1n) is 11.5. The van der Waals surface area contributed by atoms with Crippen LogP contribution in [0.5, 0.6) is 0 Å². The number of nitrogens with one attached hydrogen (secondary N) is 1. The molecule has 1 amide bonds. The molecule has 1 aliphatic carbocycles. The van der Waals surface area contributed by atoms with E-state index in [0.717, 1.165) is 6.42 Å². The fraction of sp³-hybridized carbons (Fsp3) is 0.320. The van der Waals surface area contributed by atoms with Gasteiger partial charge in [-0.25, -0.2) is 23.7 Å². The van der Waals surface area contributed by atoms with E-state index < -0.39 is 11.6 Å². The van der Waals surface area contributed by atoms with E-state index in [0.29, 0.717) is 25.1 Å². The van der Waals surface area contributed by atoms with Gasteiger partial charge in [-0.15, -0.1) is 0 Å². The smallest absolute Gasteiger partial charge is 0.246 e. The van der Waals surface area contributed by atoms with Gasteiger partial charge in [-0.1, -0.05) is 24.2 Å². The number of hydrogen-bond acceptors (Lipinski definition) is 7. The highest BCUT2D eigenvalue weighted by atomic mass is 35.5. The van der Waals surface area contributed by atoms with Gasteiger partial charge in [0, 0.05) is 25.1 Å². The summed E-state index contributed by atoms with van der Waals surface area (Å²) in [6.45, 7) is 4.47. The molecule has 2 aromatic heterocycles. The van der Waals surface area contributed by atoms with Crippen LogP contribution in [0, 0.1) is 28.9 Å². The van der Waals surface area contributed by atoms with E-state index in [9.17, 15) is 4.79 Å². The Morgan fingerprint density at radius 2 is 2.08 bits per heavy atom. The molecule has 6 rings (SSSR count). The highest BCUT2D eigenvalue weighted by Gasteiger charge is 2.46. The largest absolute Gasteiger partial charge is 0.347 e. The van der Waals surface area contributed by atoms with Crippen molar-refractivity contribution in [1.82, 2.24) is 19.9 Å². The lowest BCUT2D eigenvalue weighted by Crippen LogP contribution is -2.48. The summed E-state index contributed by atoms with van der Waals surface area (Å²) in [7, 11) is 0. The molecule has 0 radical (unpaired) electrons. The quantitative estimate of drug-likeness (QED) is 0.514. The van der Waals surface area contributed by atoms with Crippen LogP contribution in [0.1, 0.15) is 24.3 Å². The van der Waals surface area contributed by atoms with Crippen molar-refractivity contribution in [1.29, 1.82) is 5.26 Å². The molecular weight excluding hydrogens is 488 g/mol. The van der Waals surface area contributed by atoms with Crippen LogP contribution in [0.15, 0.2) is 37.2 Å². The Morgan fingerprint density at radius 1 is 1.25 bits per heavy atom. The molecule has 2 aliphatic heterocycles. The van der Waals surface area contributed by atoms with Crippen LogP contribution in [0.2, 0.25) is 5.02 Å². The van der Waals surface area contributed by atoms with Gasteiger partial charge in [0.1, 0.15) is 11.8 Å². The molecule has 2 bridgehead atoms. The average Bonchev–Trinajstić information content (AvgIpc) is 3.38. The Kier molecular flexibility index (Phi) is 5.26. The first kappa shape index (κ1) is 22.6. The topological polar surface area (TPSA) is 98.0 Å². The lowest BCUT2D eigenvalue weighted by atomic mass is 10.1. The van der Waals surface area contributed by atoms with E-state index >= 15 is 8.78 Å². The second-order valence-corrected chi connectivity index (χ2v) is 9.69. The third kappa shape index (κ3) is 3.54. The number of rotatable bonds is 5. The molecule has 11 heteroatoms. The van der Waals surface area contributed by atoms with Gasteiger partial charge in [0.05, 0.1) is 40.3 Å². The number of nitriles is 1. The number of piperazine rings is 1. The zero-order chi connectivity index (χ0) is 25.1. The minimum absolute atomic E-state index is 0.0347. The molecule has 3 aromatic rings. The van der Waals surface area contributed by atoms with E-state index in [2.05, 4.69) is 32.9 Å². The second kappa shape index (κ2) is 8.38. The van der Waals surface area contributed by atoms with E-state index in [-0.39, 0.29) is 63.2 Å². The molecule has 8 nitrogen and oxygen atoms in total. The molecule has 4 atom stereocenters. The highest BCUT2D eigenvalue weighted by Crippen LogP contribution is 2.50. The normalized spacial score (nSPS) is 24.2. The minimum atomic E-state index is -0.657. The number of nitrogens with zero attached hydrogens (tertiary/aromatic N) is 6. The van der Waals surface area contributed by atoms with Gasteiger partial charge in [0.15, 0.2) is 23.3 Å². The fourth-order valence-corrected chi connectivity index (χ4v) is 5.62. The monoisotopic (exact) mass is 507 g/mol. The summed E-state index contributed by atoms with van der Waals surface area (Å²) in [5.41, 5.74) is 1.24. The predicted molar refractivity (Wildman–Crippen MR) is 130 cm³/mol. The zero-order valence-electron chi connectivity index (χ0n) is 19.0. The second-order valence-electron chi connectivity index (χ2n) is 9.31. The van der Waals surface area contributed by atoms with Gasteiger partial charge in [-0.05, 0) is 30.5 Å². The standard InChI is InChI=1S/C25H20ClF2N7O/c1-2-20(36)34-9-14-6-13(34)10-35(14)25-17(27)7-19-23(33-25)24(31-11-30-19)32-18-4-3-15(21(26)22(18)28)16-5-12(16)8-29/h2-4,7,11-14,16H,1,5-6,9-10H2,(H,30,31,32)/t12?,13-,14-,16?/m0/s1. The summed E-state index contributed by atoms with van der Waals surface area (Å²) >= 11 is 6.29. The average molecular weight is 508 g/mol. The molecular formula is C25H20ClF2N7O. The van der Waals surface area contributed by atoms with Crippen molar-refractivity contribution < 1.29 is 13.6 Å². The van der Waals surface area contributed by atoms with Crippen LogP contribution in [0.25, 0.3) is 11.0 Å². The number of pyridine rings is 1.